The highest BCUT2D eigenvalue weighted by molar-refractivity contribution is 6.19. The Morgan fingerprint density at radius 2 is 1.67 bits per heavy atom. The molecule has 0 bridgehead atoms. The Bertz CT molecular complexity index is 738. The molecule has 1 heterocycles. The quantitative estimate of drug-likeness (QED) is 0.774. The van der Waals surface area contributed by atoms with E-state index in [9.17, 15) is 9.18 Å². The van der Waals surface area contributed by atoms with Crippen molar-refractivity contribution >= 4 is 17.6 Å². The normalized spacial score (nSPS) is 16.0. The van der Waals surface area contributed by atoms with Crippen LogP contribution in [0.3, 0.4) is 0 Å². The van der Waals surface area contributed by atoms with Crippen LogP contribution in [0, 0.1) is 12.7 Å². The molecule has 104 valence electrons. The summed E-state index contributed by atoms with van der Waals surface area (Å²) >= 11 is 0. The molecule has 0 aromatic heterocycles. The van der Waals surface area contributed by atoms with Crippen LogP contribution in [-0.4, -0.2) is 5.97 Å². The number of aryl methyl sites for hydroxylation is 1. The summed E-state index contributed by atoms with van der Waals surface area (Å²) in [4.78, 5) is 11.9. The first-order valence-electron chi connectivity index (χ1n) is 6.60. The van der Waals surface area contributed by atoms with Gasteiger partial charge in [0, 0.05) is 0 Å². The topological polar surface area (TPSA) is 26.3 Å². The van der Waals surface area contributed by atoms with E-state index in [4.69, 9.17) is 4.74 Å². The fourth-order valence-electron chi connectivity index (χ4n) is 2.12. The maximum Gasteiger partial charge on any atom is 0.344 e. The van der Waals surface area contributed by atoms with Gasteiger partial charge in [-0.05, 0) is 42.3 Å². The lowest BCUT2D eigenvalue weighted by Gasteiger charge is -1.99. The molecule has 0 atom stereocenters. The standard InChI is InChI=1S/C18H13FO2/c1-12-2-4-13(5-3-12)10-16-11-17(18(20)21-16)14-6-8-15(19)9-7-14/h2-11H,1H3/b16-10-. The molecule has 21 heavy (non-hydrogen) atoms. The second kappa shape index (κ2) is 5.37. The fourth-order valence-corrected chi connectivity index (χ4v) is 2.12. The van der Waals surface area contributed by atoms with Gasteiger partial charge in [-0.15, -0.1) is 0 Å². The van der Waals surface area contributed by atoms with Crippen LogP contribution in [0.2, 0.25) is 0 Å². The first kappa shape index (κ1) is 13.3. The predicted octanol–water partition coefficient (Wildman–Crippen LogP) is 4.12. The number of carbonyl (C=O) groups excluding carboxylic acids is 1. The Kier molecular flexibility index (Phi) is 3.40. The summed E-state index contributed by atoms with van der Waals surface area (Å²) in [6.07, 6.45) is 3.48. The van der Waals surface area contributed by atoms with Gasteiger partial charge in [0.05, 0.1) is 5.57 Å². The van der Waals surface area contributed by atoms with Crippen molar-refractivity contribution in [1.82, 2.24) is 0 Å². The van der Waals surface area contributed by atoms with Crippen molar-refractivity contribution in [2.45, 2.75) is 6.92 Å². The lowest BCUT2D eigenvalue weighted by Crippen LogP contribution is -1.98. The van der Waals surface area contributed by atoms with Crippen LogP contribution >= 0.6 is 0 Å². The summed E-state index contributed by atoms with van der Waals surface area (Å²) in [6, 6.07) is 13.7. The SMILES string of the molecule is Cc1ccc(/C=C2/C=C(c3ccc(F)cc3)C(=O)O2)cc1. The molecule has 0 saturated heterocycles. The minimum absolute atomic E-state index is 0.332. The van der Waals surface area contributed by atoms with E-state index in [2.05, 4.69) is 0 Å². The molecule has 1 aliphatic heterocycles. The Morgan fingerprint density at radius 1 is 1.00 bits per heavy atom. The van der Waals surface area contributed by atoms with Crippen molar-refractivity contribution in [3.05, 3.63) is 82.9 Å². The summed E-state index contributed by atoms with van der Waals surface area (Å²) < 4.78 is 18.1. The number of allylic oxidation sites excluding steroid dienone is 1. The molecule has 2 aromatic carbocycles. The van der Waals surface area contributed by atoms with E-state index in [0.717, 1.165) is 5.56 Å². The van der Waals surface area contributed by atoms with Crippen LogP contribution in [0.15, 0.2) is 60.4 Å². The largest absolute Gasteiger partial charge is 0.423 e. The van der Waals surface area contributed by atoms with Gasteiger partial charge in [0.2, 0.25) is 0 Å². The van der Waals surface area contributed by atoms with E-state index >= 15 is 0 Å². The molecule has 0 saturated carbocycles. The van der Waals surface area contributed by atoms with Gasteiger partial charge in [-0.2, -0.15) is 0 Å². The van der Waals surface area contributed by atoms with Crippen LogP contribution in [0.25, 0.3) is 11.6 Å². The molecule has 0 fully saturated rings. The number of benzene rings is 2. The number of esters is 1. The summed E-state index contributed by atoms with van der Waals surface area (Å²) in [5.74, 6) is -0.260. The first-order chi connectivity index (χ1) is 10.1. The minimum Gasteiger partial charge on any atom is -0.423 e. The fraction of sp³-hybridized carbons (Fsp3) is 0.0556. The van der Waals surface area contributed by atoms with E-state index in [1.807, 2.05) is 31.2 Å². The summed E-state index contributed by atoms with van der Waals surface area (Å²) in [5, 5.41) is 0. The lowest BCUT2D eigenvalue weighted by atomic mass is 10.1. The minimum atomic E-state index is -0.417. The van der Waals surface area contributed by atoms with E-state index in [0.29, 0.717) is 16.9 Å². The Morgan fingerprint density at radius 3 is 2.33 bits per heavy atom. The first-order valence-corrected chi connectivity index (χ1v) is 6.60. The number of hydrogen-bond donors (Lipinski definition) is 0. The van der Waals surface area contributed by atoms with Crippen LogP contribution in [0.4, 0.5) is 4.39 Å². The highest BCUT2D eigenvalue weighted by Gasteiger charge is 2.22. The molecule has 1 aliphatic rings. The van der Waals surface area contributed by atoms with Crippen molar-refractivity contribution in [3.8, 4) is 0 Å². The third-order valence-electron chi connectivity index (χ3n) is 3.26. The third kappa shape index (κ3) is 2.92. The number of hydrogen-bond acceptors (Lipinski definition) is 2. The second-order valence-electron chi connectivity index (χ2n) is 4.91. The average molecular weight is 280 g/mol. The van der Waals surface area contributed by atoms with Gasteiger partial charge in [0.25, 0.3) is 0 Å². The van der Waals surface area contributed by atoms with Crippen molar-refractivity contribution in [1.29, 1.82) is 0 Å². The molecule has 0 radical (unpaired) electrons. The molecule has 0 amide bonds. The van der Waals surface area contributed by atoms with E-state index in [-0.39, 0.29) is 5.82 Å². The van der Waals surface area contributed by atoms with Crippen molar-refractivity contribution in [3.63, 3.8) is 0 Å². The smallest absolute Gasteiger partial charge is 0.344 e. The lowest BCUT2D eigenvalue weighted by molar-refractivity contribution is -0.131. The predicted molar refractivity (Wildman–Crippen MR) is 79.6 cm³/mol. The van der Waals surface area contributed by atoms with E-state index in [1.165, 1.54) is 17.7 Å². The van der Waals surface area contributed by atoms with Crippen molar-refractivity contribution in [2.24, 2.45) is 0 Å². The maximum absolute atomic E-state index is 12.9. The molecule has 0 unspecified atom stereocenters. The van der Waals surface area contributed by atoms with Gasteiger partial charge >= 0.3 is 5.97 Å². The molecule has 0 N–H and O–H groups in total. The van der Waals surface area contributed by atoms with Gasteiger partial charge in [-0.3, -0.25) is 0 Å². The molecule has 3 heteroatoms. The van der Waals surface area contributed by atoms with E-state index in [1.54, 1.807) is 24.3 Å². The second-order valence-corrected chi connectivity index (χ2v) is 4.91. The van der Waals surface area contributed by atoms with Crippen molar-refractivity contribution < 1.29 is 13.9 Å². The monoisotopic (exact) mass is 280 g/mol. The zero-order chi connectivity index (χ0) is 14.8. The maximum atomic E-state index is 12.9. The highest BCUT2D eigenvalue weighted by Crippen LogP contribution is 2.27. The van der Waals surface area contributed by atoms with Crippen LogP contribution < -0.4 is 0 Å². The van der Waals surface area contributed by atoms with Crippen LogP contribution in [0.5, 0.6) is 0 Å². The zero-order valence-electron chi connectivity index (χ0n) is 11.5. The molecule has 3 rings (SSSR count). The Balaban J connectivity index is 1.91. The molecule has 2 nitrogen and oxygen atoms in total. The van der Waals surface area contributed by atoms with Crippen LogP contribution in [-0.2, 0) is 9.53 Å². The van der Waals surface area contributed by atoms with Crippen molar-refractivity contribution in [2.75, 3.05) is 0 Å². The number of ether oxygens (including phenoxy) is 1. The molecular weight excluding hydrogens is 267 g/mol. The average Bonchev–Trinajstić information content (AvgIpc) is 2.83. The summed E-state index contributed by atoms with van der Waals surface area (Å²) in [6.45, 7) is 2.01. The summed E-state index contributed by atoms with van der Waals surface area (Å²) in [5.41, 5.74) is 3.21. The van der Waals surface area contributed by atoms with Crippen LogP contribution in [0.1, 0.15) is 16.7 Å². The van der Waals surface area contributed by atoms with Gasteiger partial charge < -0.3 is 4.74 Å². The molecular formula is C18H13FO2. The van der Waals surface area contributed by atoms with Gasteiger partial charge in [-0.25, -0.2) is 9.18 Å². The van der Waals surface area contributed by atoms with E-state index < -0.39 is 5.97 Å². The number of cyclic esters (lactones) is 1. The number of halogens is 1. The molecule has 0 aliphatic carbocycles. The molecule has 0 spiro atoms. The third-order valence-corrected chi connectivity index (χ3v) is 3.26. The zero-order valence-corrected chi connectivity index (χ0v) is 11.5. The summed E-state index contributed by atoms with van der Waals surface area (Å²) in [7, 11) is 0. The van der Waals surface area contributed by atoms with Gasteiger partial charge in [0.1, 0.15) is 11.6 Å². The number of rotatable bonds is 2. The molecule has 2 aromatic rings. The van der Waals surface area contributed by atoms with Gasteiger partial charge in [-0.1, -0.05) is 42.0 Å². The number of carbonyl (C=O) groups is 1. The Labute approximate surface area is 122 Å². The highest BCUT2D eigenvalue weighted by atomic mass is 19.1. The van der Waals surface area contributed by atoms with Gasteiger partial charge in [0.15, 0.2) is 0 Å². The Hall–Kier alpha value is -2.68.